The number of halogens is 2. The fourth-order valence-corrected chi connectivity index (χ4v) is 2.72. The molecular weight excluding hydrogens is 363 g/mol. The molecule has 100 valence electrons. The Labute approximate surface area is 127 Å². The minimum atomic E-state index is 0. The summed E-state index contributed by atoms with van der Waals surface area (Å²) in [5.74, 6) is 0.467. The van der Waals surface area contributed by atoms with Gasteiger partial charge in [0, 0.05) is 15.2 Å². The molecule has 2 rings (SSSR count). The molecule has 0 spiro atoms. The van der Waals surface area contributed by atoms with Gasteiger partial charge in [0.05, 0.1) is 0 Å². The van der Waals surface area contributed by atoms with Gasteiger partial charge in [0.2, 0.25) is 0 Å². The molecule has 1 fully saturated rings. The van der Waals surface area contributed by atoms with Crippen LogP contribution in [0.1, 0.15) is 29.6 Å². The van der Waals surface area contributed by atoms with E-state index in [0.29, 0.717) is 12.5 Å². The Morgan fingerprint density at radius 1 is 1.33 bits per heavy atom. The van der Waals surface area contributed by atoms with Crippen LogP contribution in [0.3, 0.4) is 0 Å². The van der Waals surface area contributed by atoms with Gasteiger partial charge in [0.1, 0.15) is 0 Å². The smallest absolute Gasteiger partial charge is 0.251 e. The van der Waals surface area contributed by atoms with Crippen LogP contribution in [0.15, 0.2) is 24.3 Å². The Morgan fingerprint density at radius 2 is 2.00 bits per heavy atom. The number of carbonyl (C=O) groups excluding carboxylic acids is 1. The average molecular weight is 381 g/mol. The zero-order valence-electron chi connectivity index (χ0n) is 10.1. The second-order valence-corrected chi connectivity index (χ2v) is 5.76. The summed E-state index contributed by atoms with van der Waals surface area (Å²) in [6.45, 7) is 0.664. The quantitative estimate of drug-likeness (QED) is 0.792. The van der Waals surface area contributed by atoms with Crippen LogP contribution in [-0.2, 0) is 0 Å². The molecule has 0 aliphatic heterocycles. The highest BCUT2D eigenvalue weighted by Gasteiger charge is 2.27. The average Bonchev–Trinajstić information content (AvgIpc) is 2.77. The van der Waals surface area contributed by atoms with Crippen molar-refractivity contribution in [1.29, 1.82) is 0 Å². The molecule has 1 aromatic carbocycles. The van der Waals surface area contributed by atoms with Crippen molar-refractivity contribution in [2.75, 3.05) is 6.54 Å². The van der Waals surface area contributed by atoms with Crippen LogP contribution in [0.2, 0.25) is 0 Å². The third-order valence-corrected chi connectivity index (χ3v) is 4.10. The summed E-state index contributed by atoms with van der Waals surface area (Å²) in [6, 6.07) is 7.88. The molecule has 1 aromatic rings. The van der Waals surface area contributed by atoms with Gasteiger partial charge in [0.15, 0.2) is 0 Å². The van der Waals surface area contributed by atoms with Gasteiger partial charge < -0.3 is 11.1 Å². The van der Waals surface area contributed by atoms with Gasteiger partial charge in [0.25, 0.3) is 5.91 Å². The topological polar surface area (TPSA) is 55.1 Å². The number of nitrogens with two attached hydrogens (primary N) is 1. The number of hydrogen-bond donors (Lipinski definition) is 2. The fraction of sp³-hybridized carbons (Fsp3) is 0.462. The lowest BCUT2D eigenvalue weighted by molar-refractivity contribution is 0.0929. The van der Waals surface area contributed by atoms with E-state index in [9.17, 15) is 4.79 Å². The van der Waals surface area contributed by atoms with E-state index in [1.807, 2.05) is 24.3 Å². The van der Waals surface area contributed by atoms with Gasteiger partial charge in [-0.3, -0.25) is 4.79 Å². The van der Waals surface area contributed by atoms with Crippen LogP contribution in [-0.4, -0.2) is 18.5 Å². The number of rotatable bonds is 3. The molecule has 0 bridgehead atoms. The highest BCUT2D eigenvalue weighted by molar-refractivity contribution is 14.1. The molecule has 1 aliphatic rings. The molecular formula is C13H18ClIN2O. The number of nitrogens with one attached hydrogen (secondary N) is 1. The van der Waals surface area contributed by atoms with Crippen molar-refractivity contribution in [3.63, 3.8) is 0 Å². The van der Waals surface area contributed by atoms with Crippen LogP contribution in [0.4, 0.5) is 0 Å². The Hall–Kier alpha value is -0.330. The van der Waals surface area contributed by atoms with Crippen LogP contribution >= 0.6 is 35.0 Å². The highest BCUT2D eigenvalue weighted by atomic mass is 127. The van der Waals surface area contributed by atoms with Gasteiger partial charge in [-0.05, 0) is 72.2 Å². The minimum absolute atomic E-state index is 0. The standard InChI is InChI=1S/C13H17IN2O.ClH/c14-11-6-4-9(5-7-11)13(17)16-12-3-1-2-10(12)8-15;/h4-7,10,12H,1-3,8,15H2,(H,16,17);1H. The van der Waals surface area contributed by atoms with Crippen molar-refractivity contribution < 1.29 is 4.79 Å². The maximum atomic E-state index is 12.0. The number of amides is 1. The lowest BCUT2D eigenvalue weighted by Crippen LogP contribution is -2.39. The van der Waals surface area contributed by atoms with Crippen molar-refractivity contribution in [3.05, 3.63) is 33.4 Å². The minimum Gasteiger partial charge on any atom is -0.349 e. The zero-order valence-corrected chi connectivity index (χ0v) is 13.0. The van der Waals surface area contributed by atoms with Crippen molar-refractivity contribution in [2.24, 2.45) is 11.7 Å². The third kappa shape index (κ3) is 3.83. The summed E-state index contributed by atoms with van der Waals surface area (Å²) in [4.78, 5) is 12.0. The molecule has 0 heterocycles. The summed E-state index contributed by atoms with van der Waals surface area (Å²) in [5, 5.41) is 3.09. The second kappa shape index (κ2) is 7.31. The van der Waals surface area contributed by atoms with Crippen molar-refractivity contribution >= 4 is 40.9 Å². The van der Waals surface area contributed by atoms with E-state index in [1.54, 1.807) is 0 Å². The lowest BCUT2D eigenvalue weighted by Gasteiger charge is -2.19. The summed E-state index contributed by atoms with van der Waals surface area (Å²) >= 11 is 2.23. The Morgan fingerprint density at radius 3 is 2.61 bits per heavy atom. The first-order valence-electron chi connectivity index (χ1n) is 5.97. The summed E-state index contributed by atoms with van der Waals surface area (Å²) in [5.41, 5.74) is 6.44. The first-order valence-corrected chi connectivity index (χ1v) is 7.05. The second-order valence-electron chi connectivity index (χ2n) is 4.51. The van der Waals surface area contributed by atoms with E-state index in [0.717, 1.165) is 22.0 Å². The summed E-state index contributed by atoms with van der Waals surface area (Å²) in [6.07, 6.45) is 3.35. The van der Waals surface area contributed by atoms with Crippen LogP contribution in [0.5, 0.6) is 0 Å². The van der Waals surface area contributed by atoms with Gasteiger partial charge in [-0.15, -0.1) is 12.4 Å². The molecule has 5 heteroatoms. The molecule has 1 amide bonds. The molecule has 0 aromatic heterocycles. The van der Waals surface area contributed by atoms with Gasteiger partial charge >= 0.3 is 0 Å². The highest BCUT2D eigenvalue weighted by Crippen LogP contribution is 2.24. The van der Waals surface area contributed by atoms with E-state index in [4.69, 9.17) is 5.73 Å². The Bertz CT molecular complexity index is 396. The predicted octanol–water partition coefficient (Wildman–Crippen LogP) is 2.57. The SMILES string of the molecule is Cl.NCC1CCCC1NC(=O)c1ccc(I)cc1. The summed E-state index contributed by atoms with van der Waals surface area (Å²) < 4.78 is 1.14. The molecule has 18 heavy (non-hydrogen) atoms. The predicted molar refractivity (Wildman–Crippen MR) is 84.1 cm³/mol. The first kappa shape index (κ1) is 15.7. The number of hydrogen-bond acceptors (Lipinski definition) is 2. The fourth-order valence-electron chi connectivity index (χ4n) is 2.36. The monoisotopic (exact) mass is 380 g/mol. The first-order chi connectivity index (χ1) is 8.20. The van der Waals surface area contributed by atoms with Crippen molar-refractivity contribution in [3.8, 4) is 0 Å². The Balaban J connectivity index is 0.00000162. The van der Waals surface area contributed by atoms with E-state index in [2.05, 4.69) is 27.9 Å². The summed E-state index contributed by atoms with van der Waals surface area (Å²) in [7, 11) is 0. The van der Waals surface area contributed by atoms with Crippen molar-refractivity contribution in [1.82, 2.24) is 5.32 Å². The van der Waals surface area contributed by atoms with E-state index in [-0.39, 0.29) is 24.4 Å². The third-order valence-electron chi connectivity index (χ3n) is 3.38. The van der Waals surface area contributed by atoms with Crippen LogP contribution in [0.25, 0.3) is 0 Å². The molecule has 1 saturated carbocycles. The van der Waals surface area contributed by atoms with Crippen molar-refractivity contribution in [2.45, 2.75) is 25.3 Å². The normalized spacial score (nSPS) is 22.3. The number of carbonyl (C=O) groups is 1. The molecule has 1 aliphatic carbocycles. The number of benzene rings is 1. The molecule has 3 N–H and O–H groups in total. The maximum absolute atomic E-state index is 12.0. The van der Waals surface area contributed by atoms with Gasteiger partial charge in [-0.25, -0.2) is 0 Å². The Kier molecular flexibility index (Phi) is 6.38. The largest absolute Gasteiger partial charge is 0.349 e. The lowest BCUT2D eigenvalue weighted by atomic mass is 10.0. The molecule has 2 atom stereocenters. The van der Waals surface area contributed by atoms with Crippen LogP contribution in [0, 0.1) is 9.49 Å². The molecule has 0 saturated heterocycles. The zero-order chi connectivity index (χ0) is 12.3. The van der Waals surface area contributed by atoms with E-state index >= 15 is 0 Å². The molecule has 2 unspecified atom stereocenters. The molecule has 3 nitrogen and oxygen atoms in total. The van der Waals surface area contributed by atoms with Gasteiger partial charge in [-0.2, -0.15) is 0 Å². The maximum Gasteiger partial charge on any atom is 0.251 e. The van der Waals surface area contributed by atoms with E-state index in [1.165, 1.54) is 6.42 Å². The van der Waals surface area contributed by atoms with Crippen LogP contribution < -0.4 is 11.1 Å². The molecule has 0 radical (unpaired) electrons. The van der Waals surface area contributed by atoms with Gasteiger partial charge in [-0.1, -0.05) is 6.42 Å². The van der Waals surface area contributed by atoms with E-state index < -0.39 is 0 Å².